The van der Waals surface area contributed by atoms with Gasteiger partial charge in [0.15, 0.2) is 0 Å². The number of rotatable bonds is 8. The summed E-state index contributed by atoms with van der Waals surface area (Å²) in [5.74, 6) is -0.208. The lowest BCUT2D eigenvalue weighted by molar-refractivity contribution is 0.0504. The zero-order chi connectivity index (χ0) is 25.1. The minimum absolute atomic E-state index is 0.123. The van der Waals surface area contributed by atoms with Crippen LogP contribution < -0.4 is 0 Å². The molecule has 4 aromatic rings. The van der Waals surface area contributed by atoms with Crippen LogP contribution in [0, 0.1) is 5.82 Å². The van der Waals surface area contributed by atoms with E-state index >= 15 is 0 Å². The van der Waals surface area contributed by atoms with Crippen molar-refractivity contribution in [2.75, 3.05) is 47.3 Å². The van der Waals surface area contributed by atoms with Gasteiger partial charge in [-0.1, -0.05) is 48.5 Å². The third-order valence-corrected chi connectivity index (χ3v) is 8.02. The standard InChI is InChI=1S/C31H37FN4/c1-34(2)31(25-9-5-4-6-10-25)17-19-36(20-18-31)22-21-35(3)23-28-27-11-7-8-12-29(27)33-30(28)24-13-15-26(32)16-14-24/h4-16,33H,17-23H2,1-3H3. The second-order valence-electron chi connectivity index (χ2n) is 10.4. The molecular weight excluding hydrogens is 447 g/mol. The molecule has 1 aliphatic heterocycles. The van der Waals surface area contributed by atoms with Crippen molar-refractivity contribution in [2.45, 2.75) is 24.9 Å². The molecule has 0 saturated carbocycles. The highest BCUT2D eigenvalue weighted by molar-refractivity contribution is 5.90. The summed E-state index contributed by atoms with van der Waals surface area (Å²) in [5.41, 5.74) is 6.05. The predicted molar refractivity (Wildman–Crippen MR) is 148 cm³/mol. The van der Waals surface area contributed by atoms with Crippen molar-refractivity contribution in [2.24, 2.45) is 0 Å². The molecular formula is C31H37FN4. The van der Waals surface area contributed by atoms with Crippen LogP contribution in [0.4, 0.5) is 4.39 Å². The summed E-state index contributed by atoms with van der Waals surface area (Å²) >= 11 is 0. The van der Waals surface area contributed by atoms with Crippen LogP contribution in [-0.2, 0) is 12.1 Å². The zero-order valence-corrected chi connectivity index (χ0v) is 21.7. The molecule has 5 rings (SSSR count). The van der Waals surface area contributed by atoms with Crippen LogP contribution in [0.5, 0.6) is 0 Å². The van der Waals surface area contributed by atoms with Crippen LogP contribution in [0.2, 0.25) is 0 Å². The molecule has 0 aliphatic carbocycles. The van der Waals surface area contributed by atoms with Gasteiger partial charge in [0.2, 0.25) is 0 Å². The SMILES string of the molecule is CN(CCN1CCC(c2ccccc2)(N(C)C)CC1)Cc1c(-c2ccc(F)cc2)[nH]c2ccccc12. The molecule has 3 aromatic carbocycles. The summed E-state index contributed by atoms with van der Waals surface area (Å²) in [6.07, 6.45) is 2.29. The van der Waals surface area contributed by atoms with E-state index in [-0.39, 0.29) is 11.4 Å². The molecule has 1 fully saturated rings. The summed E-state index contributed by atoms with van der Waals surface area (Å²) < 4.78 is 13.6. The van der Waals surface area contributed by atoms with Gasteiger partial charge in [0.05, 0.1) is 5.69 Å². The van der Waals surface area contributed by atoms with Crippen molar-refractivity contribution >= 4 is 10.9 Å². The zero-order valence-electron chi connectivity index (χ0n) is 21.7. The second kappa shape index (κ2) is 10.6. The number of likely N-dealkylation sites (tertiary alicyclic amines) is 1. The lowest BCUT2D eigenvalue weighted by Gasteiger charge is -2.47. The van der Waals surface area contributed by atoms with E-state index in [1.165, 1.54) is 28.6 Å². The van der Waals surface area contributed by atoms with Gasteiger partial charge in [-0.05, 0) is 81.0 Å². The van der Waals surface area contributed by atoms with Gasteiger partial charge in [-0.25, -0.2) is 4.39 Å². The molecule has 188 valence electrons. The van der Waals surface area contributed by atoms with Crippen molar-refractivity contribution in [3.63, 3.8) is 0 Å². The average molecular weight is 485 g/mol. The van der Waals surface area contributed by atoms with E-state index in [9.17, 15) is 4.39 Å². The van der Waals surface area contributed by atoms with Gasteiger partial charge < -0.3 is 14.8 Å². The molecule has 1 aliphatic rings. The van der Waals surface area contributed by atoms with E-state index in [4.69, 9.17) is 0 Å². The number of likely N-dealkylation sites (N-methyl/N-ethyl adjacent to an activating group) is 1. The molecule has 0 amide bonds. The van der Waals surface area contributed by atoms with Gasteiger partial charge in [0.25, 0.3) is 0 Å². The summed E-state index contributed by atoms with van der Waals surface area (Å²) in [6.45, 7) is 5.12. The number of aromatic nitrogens is 1. The molecule has 0 bridgehead atoms. The highest BCUT2D eigenvalue weighted by atomic mass is 19.1. The number of piperidine rings is 1. The molecule has 4 nitrogen and oxygen atoms in total. The fourth-order valence-corrected chi connectivity index (χ4v) is 5.78. The molecule has 1 N–H and O–H groups in total. The Morgan fingerprint density at radius 3 is 2.22 bits per heavy atom. The van der Waals surface area contributed by atoms with Crippen molar-refractivity contribution < 1.29 is 4.39 Å². The monoisotopic (exact) mass is 484 g/mol. The summed E-state index contributed by atoms with van der Waals surface area (Å²) in [7, 11) is 6.64. The first-order valence-electron chi connectivity index (χ1n) is 13.0. The smallest absolute Gasteiger partial charge is 0.123 e. The first kappa shape index (κ1) is 24.7. The van der Waals surface area contributed by atoms with E-state index in [0.29, 0.717) is 0 Å². The van der Waals surface area contributed by atoms with Crippen LogP contribution >= 0.6 is 0 Å². The highest BCUT2D eigenvalue weighted by Crippen LogP contribution is 2.37. The number of hydrogen-bond donors (Lipinski definition) is 1. The third-order valence-electron chi connectivity index (χ3n) is 8.02. The highest BCUT2D eigenvalue weighted by Gasteiger charge is 2.37. The second-order valence-corrected chi connectivity index (χ2v) is 10.4. The Morgan fingerprint density at radius 2 is 1.53 bits per heavy atom. The maximum Gasteiger partial charge on any atom is 0.123 e. The van der Waals surface area contributed by atoms with Gasteiger partial charge in [-0.2, -0.15) is 0 Å². The van der Waals surface area contributed by atoms with E-state index in [0.717, 1.165) is 62.3 Å². The van der Waals surface area contributed by atoms with E-state index < -0.39 is 0 Å². The topological polar surface area (TPSA) is 25.5 Å². The van der Waals surface area contributed by atoms with Crippen LogP contribution in [-0.4, -0.2) is 67.0 Å². The van der Waals surface area contributed by atoms with E-state index in [1.807, 2.05) is 12.1 Å². The van der Waals surface area contributed by atoms with Crippen molar-refractivity contribution in [3.8, 4) is 11.3 Å². The minimum Gasteiger partial charge on any atom is -0.354 e. The summed E-state index contributed by atoms with van der Waals surface area (Å²) in [6, 6.07) is 26.2. The van der Waals surface area contributed by atoms with Gasteiger partial charge in [0, 0.05) is 49.2 Å². The number of H-pyrrole nitrogens is 1. The van der Waals surface area contributed by atoms with Crippen molar-refractivity contribution in [3.05, 3.63) is 95.8 Å². The Hall–Kier alpha value is -2.99. The van der Waals surface area contributed by atoms with Crippen molar-refractivity contribution in [1.29, 1.82) is 0 Å². The number of aromatic amines is 1. The number of fused-ring (bicyclic) bond motifs is 1. The molecule has 0 radical (unpaired) electrons. The van der Waals surface area contributed by atoms with E-state index in [1.54, 1.807) is 0 Å². The maximum atomic E-state index is 13.6. The van der Waals surface area contributed by atoms with Crippen LogP contribution in [0.3, 0.4) is 0 Å². The number of hydrogen-bond acceptors (Lipinski definition) is 3. The first-order valence-corrected chi connectivity index (χ1v) is 13.0. The molecule has 36 heavy (non-hydrogen) atoms. The summed E-state index contributed by atoms with van der Waals surface area (Å²) in [4.78, 5) is 11.0. The Morgan fingerprint density at radius 1 is 0.861 bits per heavy atom. The fraction of sp³-hybridized carbons (Fsp3) is 0.355. The van der Waals surface area contributed by atoms with Gasteiger partial charge in [-0.3, -0.25) is 4.90 Å². The Balaban J connectivity index is 1.25. The average Bonchev–Trinajstić information content (AvgIpc) is 3.27. The van der Waals surface area contributed by atoms with Crippen LogP contribution in [0.25, 0.3) is 22.2 Å². The predicted octanol–water partition coefficient (Wildman–Crippen LogP) is 5.96. The molecule has 0 unspecified atom stereocenters. The third kappa shape index (κ3) is 4.96. The summed E-state index contributed by atoms with van der Waals surface area (Å²) in [5, 5.41) is 1.24. The van der Waals surface area contributed by atoms with Crippen LogP contribution in [0.1, 0.15) is 24.0 Å². The number of para-hydroxylation sites is 1. The number of halogens is 1. The fourth-order valence-electron chi connectivity index (χ4n) is 5.78. The van der Waals surface area contributed by atoms with E-state index in [2.05, 4.69) is 95.4 Å². The largest absolute Gasteiger partial charge is 0.354 e. The molecule has 1 aromatic heterocycles. The van der Waals surface area contributed by atoms with Crippen LogP contribution in [0.15, 0.2) is 78.9 Å². The van der Waals surface area contributed by atoms with Gasteiger partial charge >= 0.3 is 0 Å². The van der Waals surface area contributed by atoms with Gasteiger partial charge in [-0.15, -0.1) is 0 Å². The Kier molecular flexibility index (Phi) is 7.24. The Labute approximate surface area is 214 Å². The molecule has 2 heterocycles. The quantitative estimate of drug-likeness (QED) is 0.334. The Bertz CT molecular complexity index is 1270. The number of nitrogens with one attached hydrogen (secondary N) is 1. The lowest BCUT2D eigenvalue weighted by atomic mass is 9.80. The normalized spacial score (nSPS) is 16.3. The first-order chi connectivity index (χ1) is 17.5. The molecule has 1 saturated heterocycles. The number of benzene rings is 3. The van der Waals surface area contributed by atoms with Gasteiger partial charge in [0.1, 0.15) is 5.82 Å². The lowest BCUT2D eigenvalue weighted by Crippen LogP contribution is -2.51. The molecule has 0 atom stereocenters. The molecule has 5 heteroatoms. The number of nitrogens with zero attached hydrogens (tertiary/aromatic N) is 3. The van der Waals surface area contributed by atoms with Crippen molar-refractivity contribution in [1.82, 2.24) is 19.7 Å². The minimum atomic E-state index is -0.208. The molecule has 0 spiro atoms. The maximum absolute atomic E-state index is 13.6.